The van der Waals surface area contributed by atoms with Crippen molar-refractivity contribution in [2.45, 2.75) is 13.3 Å². The molecule has 0 bridgehead atoms. The molecular formula is C19H20O5. The minimum Gasteiger partial charge on any atom is -0.493 e. The summed E-state index contributed by atoms with van der Waals surface area (Å²) < 4.78 is 15.8. The summed E-state index contributed by atoms with van der Waals surface area (Å²) in [5.74, 6) is 0.182. The van der Waals surface area contributed by atoms with Gasteiger partial charge in [-0.3, -0.25) is 4.79 Å². The maximum atomic E-state index is 12.1. The van der Waals surface area contributed by atoms with E-state index in [4.69, 9.17) is 14.2 Å². The number of esters is 1. The summed E-state index contributed by atoms with van der Waals surface area (Å²) >= 11 is 0. The third-order valence-corrected chi connectivity index (χ3v) is 3.29. The van der Waals surface area contributed by atoms with Gasteiger partial charge < -0.3 is 14.2 Å². The summed E-state index contributed by atoms with van der Waals surface area (Å²) in [4.78, 5) is 24.1. The fraction of sp³-hybridized carbons (Fsp3) is 0.263. The highest BCUT2D eigenvalue weighted by molar-refractivity contribution is 5.99. The highest BCUT2D eigenvalue weighted by Crippen LogP contribution is 2.28. The first kappa shape index (κ1) is 17.5. The Bertz CT molecular complexity index is 694. The number of methoxy groups -OCH3 is 1. The van der Waals surface area contributed by atoms with Gasteiger partial charge in [-0.1, -0.05) is 37.3 Å². The third-order valence-electron chi connectivity index (χ3n) is 3.29. The molecule has 0 saturated heterocycles. The van der Waals surface area contributed by atoms with Crippen LogP contribution in [-0.2, 0) is 4.74 Å². The summed E-state index contributed by atoms with van der Waals surface area (Å²) in [6, 6.07) is 13.5. The van der Waals surface area contributed by atoms with Crippen molar-refractivity contribution in [2.24, 2.45) is 0 Å². The summed E-state index contributed by atoms with van der Waals surface area (Å²) in [5.41, 5.74) is 0.808. The Labute approximate surface area is 141 Å². The van der Waals surface area contributed by atoms with Crippen LogP contribution in [0.3, 0.4) is 0 Å². The lowest BCUT2D eigenvalue weighted by atomic mass is 10.1. The van der Waals surface area contributed by atoms with Gasteiger partial charge in [-0.25, -0.2) is 4.79 Å². The van der Waals surface area contributed by atoms with Gasteiger partial charge in [0.05, 0.1) is 19.3 Å². The molecule has 126 valence electrons. The summed E-state index contributed by atoms with van der Waals surface area (Å²) in [6.07, 6.45) is 0.870. The minimum absolute atomic E-state index is 0.251. The monoisotopic (exact) mass is 328 g/mol. The van der Waals surface area contributed by atoms with Crippen LogP contribution in [0.4, 0.5) is 0 Å². The quantitative estimate of drug-likeness (QED) is 0.548. The summed E-state index contributed by atoms with van der Waals surface area (Å²) in [6.45, 7) is 2.26. The van der Waals surface area contributed by atoms with Crippen LogP contribution in [0.25, 0.3) is 0 Å². The first-order valence-corrected chi connectivity index (χ1v) is 7.72. The van der Waals surface area contributed by atoms with Crippen molar-refractivity contribution in [3.63, 3.8) is 0 Å². The Balaban J connectivity index is 2.00. The normalized spacial score (nSPS) is 10.1. The molecule has 0 N–H and O–H groups in total. The zero-order valence-electron chi connectivity index (χ0n) is 13.8. The average Bonchev–Trinajstić information content (AvgIpc) is 2.64. The highest BCUT2D eigenvalue weighted by Gasteiger charge is 2.14. The molecule has 0 unspecified atom stereocenters. The average molecular weight is 328 g/mol. The SMILES string of the molecule is CCCOc1ccc(C(=O)OCC(=O)c2ccccc2)cc1OC. The highest BCUT2D eigenvalue weighted by atomic mass is 16.5. The van der Waals surface area contributed by atoms with E-state index in [1.165, 1.54) is 7.11 Å². The van der Waals surface area contributed by atoms with E-state index < -0.39 is 5.97 Å². The number of ether oxygens (including phenoxy) is 3. The van der Waals surface area contributed by atoms with Gasteiger partial charge in [0.1, 0.15) is 0 Å². The van der Waals surface area contributed by atoms with Crippen molar-refractivity contribution >= 4 is 11.8 Å². The molecule has 2 aromatic rings. The van der Waals surface area contributed by atoms with E-state index in [9.17, 15) is 9.59 Å². The van der Waals surface area contributed by atoms with E-state index in [-0.39, 0.29) is 12.4 Å². The Hall–Kier alpha value is -2.82. The zero-order chi connectivity index (χ0) is 17.4. The number of carbonyl (C=O) groups excluding carboxylic acids is 2. The van der Waals surface area contributed by atoms with Crippen LogP contribution in [0.15, 0.2) is 48.5 Å². The molecule has 0 aliphatic heterocycles. The molecule has 0 spiro atoms. The largest absolute Gasteiger partial charge is 0.493 e. The lowest BCUT2D eigenvalue weighted by Gasteiger charge is -2.11. The van der Waals surface area contributed by atoms with Crippen LogP contribution >= 0.6 is 0 Å². The molecule has 0 atom stereocenters. The van der Waals surface area contributed by atoms with Gasteiger partial charge >= 0.3 is 5.97 Å². The van der Waals surface area contributed by atoms with Gasteiger partial charge in [-0.2, -0.15) is 0 Å². The van der Waals surface area contributed by atoms with Gasteiger partial charge in [0, 0.05) is 5.56 Å². The first-order valence-electron chi connectivity index (χ1n) is 7.72. The van der Waals surface area contributed by atoms with Gasteiger partial charge in [-0.05, 0) is 24.6 Å². The van der Waals surface area contributed by atoms with Gasteiger partial charge in [0.25, 0.3) is 0 Å². The topological polar surface area (TPSA) is 61.8 Å². The standard InChI is InChI=1S/C19H20O5/c1-3-11-23-17-10-9-15(12-18(17)22-2)19(21)24-13-16(20)14-7-5-4-6-8-14/h4-10,12H,3,11,13H2,1-2H3. The van der Waals surface area contributed by atoms with Crippen LogP contribution in [0, 0.1) is 0 Å². The van der Waals surface area contributed by atoms with Gasteiger partial charge in [0.2, 0.25) is 0 Å². The predicted octanol–water partition coefficient (Wildman–Crippen LogP) is 3.52. The van der Waals surface area contributed by atoms with Crippen molar-refractivity contribution in [1.29, 1.82) is 0 Å². The molecular weight excluding hydrogens is 308 g/mol. The van der Waals surface area contributed by atoms with Gasteiger partial charge in [-0.15, -0.1) is 0 Å². The molecule has 2 rings (SSSR count). The van der Waals surface area contributed by atoms with Crippen LogP contribution in [0.5, 0.6) is 11.5 Å². The molecule has 0 radical (unpaired) electrons. The molecule has 0 aliphatic carbocycles. The Kier molecular flexibility index (Phi) is 6.37. The summed E-state index contributed by atoms with van der Waals surface area (Å²) in [5, 5.41) is 0. The maximum absolute atomic E-state index is 12.1. The second kappa shape index (κ2) is 8.72. The van der Waals surface area contributed by atoms with E-state index in [0.717, 1.165) is 6.42 Å². The third kappa shape index (κ3) is 4.59. The van der Waals surface area contributed by atoms with Crippen molar-refractivity contribution < 1.29 is 23.8 Å². The fourth-order valence-electron chi connectivity index (χ4n) is 2.05. The lowest BCUT2D eigenvalue weighted by molar-refractivity contribution is 0.0474. The molecule has 0 fully saturated rings. The molecule has 5 nitrogen and oxygen atoms in total. The number of carbonyl (C=O) groups is 2. The van der Waals surface area contributed by atoms with Crippen LogP contribution in [0.2, 0.25) is 0 Å². The van der Waals surface area contributed by atoms with Crippen molar-refractivity contribution in [3.8, 4) is 11.5 Å². The number of benzene rings is 2. The Morgan fingerprint density at radius 3 is 2.38 bits per heavy atom. The van der Waals surface area contributed by atoms with Gasteiger partial charge in [0.15, 0.2) is 23.9 Å². The maximum Gasteiger partial charge on any atom is 0.338 e. The first-order chi connectivity index (χ1) is 11.7. The van der Waals surface area contributed by atoms with Crippen LogP contribution in [0.1, 0.15) is 34.1 Å². The molecule has 0 heterocycles. The second-order valence-corrected chi connectivity index (χ2v) is 5.08. The summed E-state index contributed by atoms with van der Waals surface area (Å²) in [7, 11) is 1.50. The Morgan fingerprint density at radius 2 is 1.71 bits per heavy atom. The van der Waals surface area contributed by atoms with E-state index in [0.29, 0.717) is 29.2 Å². The molecule has 0 aromatic heterocycles. The lowest BCUT2D eigenvalue weighted by Crippen LogP contribution is -2.14. The number of hydrogen-bond acceptors (Lipinski definition) is 5. The second-order valence-electron chi connectivity index (χ2n) is 5.08. The van der Waals surface area contributed by atoms with E-state index in [1.807, 2.05) is 13.0 Å². The number of rotatable bonds is 8. The molecule has 2 aromatic carbocycles. The van der Waals surface area contributed by atoms with Crippen molar-refractivity contribution in [3.05, 3.63) is 59.7 Å². The number of hydrogen-bond donors (Lipinski definition) is 0. The van der Waals surface area contributed by atoms with Crippen LogP contribution in [-0.4, -0.2) is 32.1 Å². The number of ketones is 1. The fourth-order valence-corrected chi connectivity index (χ4v) is 2.05. The number of Topliss-reactive ketones (excluding diaryl/α,β-unsaturated/α-hetero) is 1. The van der Waals surface area contributed by atoms with Crippen molar-refractivity contribution in [2.75, 3.05) is 20.3 Å². The minimum atomic E-state index is -0.584. The van der Waals surface area contributed by atoms with E-state index in [1.54, 1.807) is 42.5 Å². The molecule has 0 aliphatic rings. The van der Waals surface area contributed by atoms with Crippen LogP contribution < -0.4 is 9.47 Å². The predicted molar refractivity (Wildman–Crippen MR) is 89.8 cm³/mol. The van der Waals surface area contributed by atoms with Crippen molar-refractivity contribution in [1.82, 2.24) is 0 Å². The molecule has 5 heteroatoms. The van der Waals surface area contributed by atoms with E-state index in [2.05, 4.69) is 0 Å². The Morgan fingerprint density at radius 1 is 0.958 bits per heavy atom. The van der Waals surface area contributed by atoms with E-state index >= 15 is 0 Å². The molecule has 24 heavy (non-hydrogen) atoms. The smallest absolute Gasteiger partial charge is 0.338 e. The zero-order valence-corrected chi connectivity index (χ0v) is 13.8. The molecule has 0 amide bonds. The molecule has 0 saturated carbocycles.